The number of esters is 1. The average Bonchev–Trinajstić information content (AvgIpc) is 2.40. The lowest BCUT2D eigenvalue weighted by Gasteiger charge is -2.38. The van der Waals surface area contributed by atoms with Crippen LogP contribution in [0.3, 0.4) is 0 Å². The van der Waals surface area contributed by atoms with Crippen LogP contribution in [0.5, 0.6) is 0 Å². The molecule has 1 aliphatic carbocycles. The summed E-state index contributed by atoms with van der Waals surface area (Å²) in [4.78, 5) is 12.1. The van der Waals surface area contributed by atoms with E-state index in [1.54, 1.807) is 6.92 Å². The van der Waals surface area contributed by atoms with Gasteiger partial charge in [0.1, 0.15) is 0 Å². The van der Waals surface area contributed by atoms with E-state index in [1.165, 1.54) is 12.8 Å². The summed E-state index contributed by atoms with van der Waals surface area (Å²) in [5.41, 5.74) is -1.25. The summed E-state index contributed by atoms with van der Waals surface area (Å²) < 4.78 is 5.10. The molecule has 0 spiro atoms. The van der Waals surface area contributed by atoms with Crippen molar-refractivity contribution >= 4 is 5.97 Å². The fraction of sp³-hybridized carbons (Fsp3) is 0.938. The predicted octanol–water partition coefficient (Wildman–Crippen LogP) is 3.69. The Morgan fingerprint density at radius 2 is 1.79 bits per heavy atom. The molecule has 0 heterocycles. The maximum Gasteiger partial charge on any atom is 0.338 e. The number of rotatable bonds is 7. The van der Waals surface area contributed by atoms with E-state index in [2.05, 4.69) is 6.92 Å². The van der Waals surface area contributed by atoms with Gasteiger partial charge in [-0.25, -0.2) is 4.79 Å². The minimum Gasteiger partial charge on any atom is -0.464 e. The van der Waals surface area contributed by atoms with E-state index >= 15 is 0 Å². The Kier molecular flexibility index (Phi) is 6.84. The van der Waals surface area contributed by atoms with Gasteiger partial charge in [0.2, 0.25) is 0 Å². The zero-order valence-corrected chi connectivity index (χ0v) is 12.8. The normalized spacial score (nSPS) is 26.7. The third-order valence-electron chi connectivity index (χ3n) is 4.48. The van der Waals surface area contributed by atoms with Gasteiger partial charge in [-0.3, -0.25) is 0 Å². The van der Waals surface area contributed by atoms with Crippen LogP contribution in [0.2, 0.25) is 0 Å². The van der Waals surface area contributed by atoms with Crippen molar-refractivity contribution in [3.63, 3.8) is 0 Å². The van der Waals surface area contributed by atoms with Crippen LogP contribution in [0, 0.1) is 11.8 Å². The highest BCUT2D eigenvalue weighted by atomic mass is 16.5. The maximum absolute atomic E-state index is 12.1. The highest BCUT2D eigenvalue weighted by Gasteiger charge is 2.45. The molecular formula is C16H30O3. The largest absolute Gasteiger partial charge is 0.464 e. The number of carbonyl (C=O) groups excluding carboxylic acids is 1. The highest BCUT2D eigenvalue weighted by molar-refractivity contribution is 5.79. The van der Waals surface area contributed by atoms with Crippen LogP contribution >= 0.6 is 0 Å². The van der Waals surface area contributed by atoms with E-state index in [9.17, 15) is 9.90 Å². The summed E-state index contributed by atoms with van der Waals surface area (Å²) >= 11 is 0. The molecule has 3 heteroatoms. The Morgan fingerprint density at radius 3 is 2.26 bits per heavy atom. The van der Waals surface area contributed by atoms with Crippen molar-refractivity contribution in [2.24, 2.45) is 11.8 Å². The lowest BCUT2D eigenvalue weighted by atomic mass is 9.71. The first-order chi connectivity index (χ1) is 9.08. The molecule has 0 aromatic heterocycles. The smallest absolute Gasteiger partial charge is 0.338 e. The van der Waals surface area contributed by atoms with Gasteiger partial charge in [-0.1, -0.05) is 46.0 Å². The van der Waals surface area contributed by atoms with Gasteiger partial charge in [-0.05, 0) is 38.0 Å². The van der Waals surface area contributed by atoms with Gasteiger partial charge >= 0.3 is 5.97 Å². The minimum atomic E-state index is -1.25. The number of hydrogen-bond acceptors (Lipinski definition) is 3. The summed E-state index contributed by atoms with van der Waals surface area (Å²) in [6, 6.07) is 0. The average molecular weight is 270 g/mol. The number of ether oxygens (including phenoxy) is 1. The van der Waals surface area contributed by atoms with Crippen LogP contribution < -0.4 is 0 Å². The third-order valence-corrected chi connectivity index (χ3v) is 4.48. The van der Waals surface area contributed by atoms with Crippen LogP contribution in [0.4, 0.5) is 0 Å². The van der Waals surface area contributed by atoms with Crippen molar-refractivity contribution in [2.45, 2.75) is 77.7 Å². The highest BCUT2D eigenvalue weighted by Crippen LogP contribution is 2.39. The first-order valence-electron chi connectivity index (χ1n) is 7.98. The Labute approximate surface area is 117 Å². The third kappa shape index (κ3) is 4.20. The topological polar surface area (TPSA) is 46.5 Å². The molecule has 1 unspecified atom stereocenters. The van der Waals surface area contributed by atoms with Crippen molar-refractivity contribution in [1.29, 1.82) is 0 Å². The first-order valence-corrected chi connectivity index (χ1v) is 7.98. The molecule has 1 saturated carbocycles. The Morgan fingerprint density at radius 1 is 1.16 bits per heavy atom. The molecule has 1 N–H and O–H groups in total. The van der Waals surface area contributed by atoms with Crippen LogP contribution in [0.15, 0.2) is 0 Å². The summed E-state index contributed by atoms with van der Waals surface area (Å²) in [7, 11) is 0. The lowest BCUT2D eigenvalue weighted by Crippen LogP contribution is -2.48. The van der Waals surface area contributed by atoms with E-state index in [-0.39, 0.29) is 5.92 Å². The maximum atomic E-state index is 12.1. The van der Waals surface area contributed by atoms with E-state index < -0.39 is 11.6 Å². The molecule has 0 amide bonds. The Balaban J connectivity index is 2.65. The zero-order chi connectivity index (χ0) is 14.3. The van der Waals surface area contributed by atoms with Gasteiger partial charge in [-0.15, -0.1) is 0 Å². The quantitative estimate of drug-likeness (QED) is 0.718. The lowest BCUT2D eigenvalue weighted by molar-refractivity contribution is -0.174. The van der Waals surface area contributed by atoms with E-state index in [0.29, 0.717) is 13.0 Å². The summed E-state index contributed by atoms with van der Waals surface area (Å²) in [5, 5.41) is 10.8. The van der Waals surface area contributed by atoms with Crippen molar-refractivity contribution in [2.75, 3.05) is 6.61 Å². The molecule has 1 fully saturated rings. The van der Waals surface area contributed by atoms with Crippen molar-refractivity contribution in [3.05, 3.63) is 0 Å². The fourth-order valence-electron chi connectivity index (χ4n) is 3.45. The van der Waals surface area contributed by atoms with Gasteiger partial charge < -0.3 is 9.84 Å². The number of carbonyl (C=O) groups is 1. The number of hydrogen-bond donors (Lipinski definition) is 1. The van der Waals surface area contributed by atoms with Gasteiger partial charge in [0.05, 0.1) is 6.61 Å². The van der Waals surface area contributed by atoms with Crippen molar-refractivity contribution in [3.8, 4) is 0 Å². The number of aliphatic hydroxyl groups is 1. The standard InChI is InChI=1S/C16H30O3/c1-4-7-13-8-10-14(11-9-13)16(18,12-5-2)15(17)19-6-3/h13-14,18H,4-12H2,1-3H3. The second-order valence-corrected chi connectivity index (χ2v) is 5.90. The minimum absolute atomic E-state index is 0.0830. The first kappa shape index (κ1) is 16.5. The van der Waals surface area contributed by atoms with Crippen LogP contribution in [0.1, 0.15) is 72.1 Å². The van der Waals surface area contributed by atoms with Gasteiger partial charge in [0.15, 0.2) is 5.60 Å². The molecule has 0 aromatic carbocycles. The second-order valence-electron chi connectivity index (χ2n) is 5.90. The summed E-state index contributed by atoms with van der Waals surface area (Å²) in [6.45, 7) is 6.36. The molecule has 1 aliphatic rings. The molecule has 0 bridgehead atoms. The van der Waals surface area contributed by atoms with E-state index in [4.69, 9.17) is 4.74 Å². The molecule has 3 nitrogen and oxygen atoms in total. The van der Waals surface area contributed by atoms with Crippen LogP contribution in [-0.4, -0.2) is 23.3 Å². The molecule has 1 rings (SSSR count). The molecule has 19 heavy (non-hydrogen) atoms. The van der Waals surface area contributed by atoms with Crippen molar-refractivity contribution in [1.82, 2.24) is 0 Å². The Hall–Kier alpha value is -0.570. The zero-order valence-electron chi connectivity index (χ0n) is 12.8. The predicted molar refractivity (Wildman–Crippen MR) is 76.8 cm³/mol. The summed E-state index contributed by atoms with van der Waals surface area (Å²) in [5.74, 6) is 0.463. The van der Waals surface area contributed by atoms with Crippen molar-refractivity contribution < 1.29 is 14.6 Å². The van der Waals surface area contributed by atoms with E-state index in [1.807, 2.05) is 6.92 Å². The fourth-order valence-corrected chi connectivity index (χ4v) is 3.45. The van der Waals surface area contributed by atoms with Crippen LogP contribution in [0.25, 0.3) is 0 Å². The van der Waals surface area contributed by atoms with E-state index in [0.717, 1.165) is 38.0 Å². The van der Waals surface area contributed by atoms with Gasteiger partial charge in [0, 0.05) is 0 Å². The molecule has 1 atom stereocenters. The molecule has 0 saturated heterocycles. The monoisotopic (exact) mass is 270 g/mol. The molecular weight excluding hydrogens is 240 g/mol. The summed E-state index contributed by atoms with van der Waals surface area (Å²) in [6.07, 6.45) is 8.04. The molecule has 0 aliphatic heterocycles. The SMILES string of the molecule is CCCC1CCC(C(O)(CCC)C(=O)OCC)CC1. The molecule has 0 radical (unpaired) electrons. The molecule has 112 valence electrons. The Bertz CT molecular complexity index is 269. The van der Waals surface area contributed by atoms with Gasteiger partial charge in [-0.2, -0.15) is 0 Å². The second kappa shape index (κ2) is 7.88. The van der Waals surface area contributed by atoms with Gasteiger partial charge in [0.25, 0.3) is 0 Å². The molecule has 0 aromatic rings. The van der Waals surface area contributed by atoms with Crippen LogP contribution in [-0.2, 0) is 9.53 Å².